The predicted molar refractivity (Wildman–Crippen MR) is 91.9 cm³/mol. The molecule has 1 aromatic carbocycles. The SMILES string of the molecule is CCCCSc1cc(N)n(-c2ccc(COSC)cc2)n1. The van der Waals surface area contributed by atoms with Gasteiger partial charge >= 0.3 is 0 Å². The lowest BCUT2D eigenvalue weighted by Gasteiger charge is -2.05. The smallest absolute Gasteiger partial charge is 0.128 e. The Bertz CT molecular complexity index is 555. The Hall–Kier alpha value is -1.11. The maximum Gasteiger partial charge on any atom is 0.128 e. The van der Waals surface area contributed by atoms with Gasteiger partial charge < -0.3 is 9.92 Å². The highest BCUT2D eigenvalue weighted by atomic mass is 32.2. The van der Waals surface area contributed by atoms with Crippen LogP contribution in [0.4, 0.5) is 5.82 Å². The molecule has 0 bridgehead atoms. The van der Waals surface area contributed by atoms with Crippen molar-refractivity contribution in [3.05, 3.63) is 35.9 Å². The minimum atomic E-state index is 0.605. The number of hydrogen-bond donors (Lipinski definition) is 1. The van der Waals surface area contributed by atoms with Gasteiger partial charge in [0.15, 0.2) is 0 Å². The third-order valence-electron chi connectivity index (χ3n) is 2.99. The van der Waals surface area contributed by atoms with Crippen LogP contribution in [0, 0.1) is 0 Å². The largest absolute Gasteiger partial charge is 0.384 e. The molecule has 6 heteroatoms. The second-order valence-corrected chi connectivity index (χ2v) is 6.30. The predicted octanol–water partition coefficient (Wildman–Crippen LogP) is 4.14. The molecule has 2 rings (SSSR count). The first kappa shape index (κ1) is 16.3. The normalized spacial score (nSPS) is 11.0. The number of thioether (sulfide) groups is 1. The van der Waals surface area contributed by atoms with E-state index in [1.54, 1.807) is 16.4 Å². The van der Waals surface area contributed by atoms with Crippen LogP contribution in [0.1, 0.15) is 25.3 Å². The molecule has 0 saturated heterocycles. The maximum atomic E-state index is 6.05. The first-order valence-electron chi connectivity index (χ1n) is 6.98. The number of nitrogens with zero attached hydrogens (tertiary/aromatic N) is 2. The molecule has 0 aliphatic heterocycles. The summed E-state index contributed by atoms with van der Waals surface area (Å²) in [4.78, 5) is 0. The van der Waals surface area contributed by atoms with E-state index in [1.807, 2.05) is 36.6 Å². The van der Waals surface area contributed by atoms with Crippen LogP contribution in [0.5, 0.6) is 0 Å². The molecule has 2 aromatic rings. The van der Waals surface area contributed by atoms with Crippen LogP contribution in [0.25, 0.3) is 5.69 Å². The van der Waals surface area contributed by atoms with Crippen molar-refractivity contribution in [1.82, 2.24) is 9.78 Å². The number of nitrogens with two attached hydrogens (primary N) is 1. The summed E-state index contributed by atoms with van der Waals surface area (Å²) in [5.74, 6) is 1.75. The molecule has 114 valence electrons. The number of anilines is 1. The van der Waals surface area contributed by atoms with Gasteiger partial charge in [0.2, 0.25) is 0 Å². The molecule has 0 aliphatic carbocycles. The molecule has 0 fully saturated rings. The molecule has 0 spiro atoms. The monoisotopic (exact) mass is 323 g/mol. The topological polar surface area (TPSA) is 53.1 Å². The molecular formula is C15H21N3OS2. The highest BCUT2D eigenvalue weighted by Crippen LogP contribution is 2.23. The lowest BCUT2D eigenvalue weighted by molar-refractivity contribution is 0.366. The third kappa shape index (κ3) is 4.69. The van der Waals surface area contributed by atoms with Gasteiger partial charge in [0.1, 0.15) is 10.8 Å². The van der Waals surface area contributed by atoms with Gasteiger partial charge in [-0.25, -0.2) is 4.68 Å². The Morgan fingerprint density at radius 2 is 2.05 bits per heavy atom. The highest BCUT2D eigenvalue weighted by molar-refractivity contribution is 7.99. The van der Waals surface area contributed by atoms with Crippen LogP contribution in [0.15, 0.2) is 35.4 Å². The van der Waals surface area contributed by atoms with Crippen molar-refractivity contribution in [2.24, 2.45) is 0 Å². The first-order valence-corrected chi connectivity index (χ1v) is 9.11. The van der Waals surface area contributed by atoms with Crippen molar-refractivity contribution < 1.29 is 4.18 Å². The molecule has 21 heavy (non-hydrogen) atoms. The summed E-state index contributed by atoms with van der Waals surface area (Å²) in [7, 11) is 0. The summed E-state index contributed by atoms with van der Waals surface area (Å²) in [6, 6.07) is 10.0. The van der Waals surface area contributed by atoms with E-state index in [-0.39, 0.29) is 0 Å². The van der Waals surface area contributed by atoms with Gasteiger partial charge in [-0.05, 0) is 41.9 Å². The minimum Gasteiger partial charge on any atom is -0.384 e. The van der Waals surface area contributed by atoms with Crippen molar-refractivity contribution in [1.29, 1.82) is 0 Å². The molecule has 0 atom stereocenters. The van der Waals surface area contributed by atoms with Gasteiger partial charge in [0.05, 0.1) is 12.3 Å². The number of rotatable bonds is 8. The van der Waals surface area contributed by atoms with Gasteiger partial charge in [-0.1, -0.05) is 25.5 Å². The molecule has 0 saturated carbocycles. The van der Waals surface area contributed by atoms with Crippen molar-refractivity contribution in [3.63, 3.8) is 0 Å². The Morgan fingerprint density at radius 1 is 1.29 bits per heavy atom. The molecule has 0 unspecified atom stereocenters. The number of aromatic nitrogens is 2. The standard InChI is InChI=1S/C15H21N3OS2/c1-3-4-9-21-15-10-14(16)18(17-15)13-7-5-12(6-8-13)11-19-20-2/h5-8,10H,3-4,9,11,16H2,1-2H3. The van der Waals surface area contributed by atoms with Crippen LogP contribution in [0.2, 0.25) is 0 Å². The van der Waals surface area contributed by atoms with Crippen LogP contribution < -0.4 is 5.73 Å². The zero-order valence-electron chi connectivity index (χ0n) is 12.4. The van der Waals surface area contributed by atoms with E-state index in [1.165, 1.54) is 24.9 Å². The zero-order valence-corrected chi connectivity index (χ0v) is 14.0. The Balaban J connectivity index is 2.06. The van der Waals surface area contributed by atoms with Crippen LogP contribution >= 0.6 is 23.8 Å². The van der Waals surface area contributed by atoms with Crippen LogP contribution in [-0.4, -0.2) is 21.8 Å². The summed E-state index contributed by atoms with van der Waals surface area (Å²) in [6.07, 6.45) is 4.31. The van der Waals surface area contributed by atoms with E-state index >= 15 is 0 Å². The van der Waals surface area contributed by atoms with E-state index in [2.05, 4.69) is 12.0 Å². The number of unbranched alkanes of at least 4 members (excludes halogenated alkanes) is 1. The fourth-order valence-electron chi connectivity index (χ4n) is 1.83. The summed E-state index contributed by atoms with van der Waals surface area (Å²) in [6.45, 7) is 2.80. The number of benzene rings is 1. The van der Waals surface area contributed by atoms with Crippen molar-refractivity contribution in [2.75, 3.05) is 17.7 Å². The maximum absolute atomic E-state index is 6.05. The Labute approximate surface area is 134 Å². The van der Waals surface area contributed by atoms with Crippen molar-refractivity contribution >= 4 is 29.6 Å². The van der Waals surface area contributed by atoms with Crippen LogP contribution in [-0.2, 0) is 10.8 Å². The minimum absolute atomic E-state index is 0.605. The third-order valence-corrected chi connectivity index (χ3v) is 4.33. The van der Waals surface area contributed by atoms with Gasteiger partial charge in [-0.3, -0.25) is 0 Å². The number of hydrogen-bond acceptors (Lipinski definition) is 5. The molecule has 0 radical (unpaired) electrons. The van der Waals surface area contributed by atoms with Gasteiger partial charge in [-0.2, -0.15) is 5.10 Å². The molecule has 1 aromatic heterocycles. The van der Waals surface area contributed by atoms with Gasteiger partial charge in [0.25, 0.3) is 0 Å². The summed E-state index contributed by atoms with van der Waals surface area (Å²) in [5.41, 5.74) is 8.17. The molecule has 1 heterocycles. The lowest BCUT2D eigenvalue weighted by Crippen LogP contribution is -2.01. The van der Waals surface area contributed by atoms with Gasteiger partial charge in [-0.15, -0.1) is 11.8 Å². The second-order valence-electron chi connectivity index (χ2n) is 4.62. The molecular weight excluding hydrogens is 302 g/mol. The van der Waals surface area contributed by atoms with E-state index in [0.717, 1.165) is 22.0 Å². The summed E-state index contributed by atoms with van der Waals surface area (Å²) < 4.78 is 7.10. The molecule has 2 N–H and O–H groups in total. The fraction of sp³-hybridized carbons (Fsp3) is 0.400. The van der Waals surface area contributed by atoms with E-state index in [9.17, 15) is 0 Å². The van der Waals surface area contributed by atoms with Crippen LogP contribution in [0.3, 0.4) is 0 Å². The molecule has 4 nitrogen and oxygen atoms in total. The van der Waals surface area contributed by atoms with E-state index < -0.39 is 0 Å². The molecule has 0 aliphatic rings. The highest BCUT2D eigenvalue weighted by Gasteiger charge is 2.07. The summed E-state index contributed by atoms with van der Waals surface area (Å²) >= 11 is 3.13. The quantitative estimate of drug-likeness (QED) is 0.449. The second kappa shape index (κ2) is 8.36. The fourth-order valence-corrected chi connectivity index (χ4v) is 3.07. The van der Waals surface area contributed by atoms with E-state index in [0.29, 0.717) is 12.4 Å². The Kier molecular flexibility index (Phi) is 6.48. The Morgan fingerprint density at radius 3 is 2.71 bits per heavy atom. The first-order chi connectivity index (χ1) is 10.2. The average Bonchev–Trinajstić information content (AvgIpc) is 2.87. The number of nitrogen functional groups attached to an aromatic ring is 1. The van der Waals surface area contributed by atoms with Crippen molar-refractivity contribution in [2.45, 2.75) is 31.4 Å². The summed E-state index contributed by atoms with van der Waals surface area (Å²) in [5, 5.41) is 5.55. The van der Waals surface area contributed by atoms with E-state index in [4.69, 9.17) is 9.92 Å². The lowest BCUT2D eigenvalue weighted by atomic mass is 10.2. The average molecular weight is 323 g/mol. The van der Waals surface area contributed by atoms with Gasteiger partial charge in [0, 0.05) is 12.3 Å². The zero-order chi connectivity index (χ0) is 15.1. The molecule has 0 amide bonds. The van der Waals surface area contributed by atoms with Crippen molar-refractivity contribution in [3.8, 4) is 5.69 Å².